The van der Waals surface area contributed by atoms with Crippen molar-refractivity contribution in [3.63, 3.8) is 0 Å². The summed E-state index contributed by atoms with van der Waals surface area (Å²) in [6, 6.07) is 11.7. The van der Waals surface area contributed by atoms with Gasteiger partial charge in [-0.3, -0.25) is 4.79 Å². The van der Waals surface area contributed by atoms with Gasteiger partial charge in [0, 0.05) is 10.6 Å². The van der Waals surface area contributed by atoms with Crippen molar-refractivity contribution in [2.45, 2.75) is 11.9 Å². The number of phenols is 1. The van der Waals surface area contributed by atoms with Crippen molar-refractivity contribution < 1.29 is 19.7 Å². The number of phenolic OH excluding ortho intramolecular Hbond substituents is 1. The highest BCUT2D eigenvalue weighted by Gasteiger charge is 2.21. The molecule has 0 radical (unpaired) electrons. The summed E-state index contributed by atoms with van der Waals surface area (Å²) in [7, 11) is 0. The van der Waals surface area contributed by atoms with Crippen LogP contribution >= 0.6 is 46.6 Å². The van der Waals surface area contributed by atoms with E-state index in [4.69, 9.17) is 44.6 Å². The van der Waals surface area contributed by atoms with E-state index in [-0.39, 0.29) is 33.9 Å². The van der Waals surface area contributed by atoms with Crippen LogP contribution in [0.1, 0.15) is 6.92 Å². The molecule has 0 aliphatic carbocycles. The number of nitrogens with one attached hydrogen (secondary N) is 1. The number of hydrogen-bond acceptors (Lipinski definition) is 6. The van der Waals surface area contributed by atoms with Crippen LogP contribution in [0.4, 0.5) is 5.82 Å². The van der Waals surface area contributed by atoms with Crippen molar-refractivity contribution in [1.29, 1.82) is 0 Å². The van der Waals surface area contributed by atoms with Crippen molar-refractivity contribution in [2.75, 3.05) is 17.6 Å². The summed E-state index contributed by atoms with van der Waals surface area (Å²) in [5.74, 6) is 0.305. The fourth-order valence-corrected chi connectivity index (χ4v) is 4.15. The molecule has 0 unspecified atom stereocenters. The van der Waals surface area contributed by atoms with Gasteiger partial charge >= 0.3 is 5.97 Å². The molecular formula is C21H17Cl3N2O4S. The average Bonchev–Trinajstić information content (AvgIpc) is 2.73. The van der Waals surface area contributed by atoms with Gasteiger partial charge < -0.3 is 20.3 Å². The number of pyridine rings is 1. The zero-order chi connectivity index (χ0) is 22.5. The molecule has 31 heavy (non-hydrogen) atoms. The summed E-state index contributed by atoms with van der Waals surface area (Å²) >= 11 is 20.3. The van der Waals surface area contributed by atoms with Crippen LogP contribution in [0.3, 0.4) is 0 Å². The summed E-state index contributed by atoms with van der Waals surface area (Å²) in [6.07, 6.45) is 0. The van der Waals surface area contributed by atoms with Crippen molar-refractivity contribution in [2.24, 2.45) is 0 Å². The van der Waals surface area contributed by atoms with Crippen LogP contribution in [0.5, 0.6) is 17.2 Å². The van der Waals surface area contributed by atoms with Crippen LogP contribution in [-0.4, -0.2) is 33.5 Å². The molecule has 0 bridgehead atoms. The van der Waals surface area contributed by atoms with Gasteiger partial charge in [0.25, 0.3) is 0 Å². The highest BCUT2D eigenvalue weighted by molar-refractivity contribution is 7.99. The molecule has 0 aliphatic rings. The first kappa shape index (κ1) is 23.3. The molecule has 0 fully saturated rings. The number of benzene rings is 2. The predicted octanol–water partition coefficient (Wildman–Crippen LogP) is 6.82. The van der Waals surface area contributed by atoms with Gasteiger partial charge in [-0.1, -0.05) is 53.9 Å². The van der Waals surface area contributed by atoms with Gasteiger partial charge in [-0.05, 0) is 41.6 Å². The number of thioether (sulfide) groups is 1. The lowest BCUT2D eigenvalue weighted by Gasteiger charge is -2.16. The maximum Gasteiger partial charge on any atom is 0.322 e. The average molecular weight is 500 g/mol. The molecule has 0 aliphatic heterocycles. The van der Waals surface area contributed by atoms with E-state index < -0.39 is 5.97 Å². The molecule has 0 spiro atoms. The Morgan fingerprint density at radius 3 is 2.61 bits per heavy atom. The zero-order valence-electron chi connectivity index (χ0n) is 16.2. The van der Waals surface area contributed by atoms with E-state index in [2.05, 4.69) is 10.3 Å². The minimum absolute atomic E-state index is 0.0454. The molecule has 0 saturated carbocycles. The Morgan fingerprint density at radius 2 is 1.94 bits per heavy atom. The molecule has 10 heteroatoms. The number of aromatic hydroxyl groups is 1. The quantitative estimate of drug-likeness (QED) is 0.293. The first-order chi connectivity index (χ1) is 14.8. The van der Waals surface area contributed by atoms with Crippen molar-refractivity contribution >= 4 is 58.4 Å². The van der Waals surface area contributed by atoms with Gasteiger partial charge in [0.2, 0.25) is 0 Å². The molecule has 3 aromatic rings. The lowest BCUT2D eigenvalue weighted by atomic mass is 10.0. The number of nitrogens with zero attached hydrogens (tertiary/aromatic N) is 1. The predicted molar refractivity (Wildman–Crippen MR) is 125 cm³/mol. The van der Waals surface area contributed by atoms with E-state index in [1.54, 1.807) is 36.4 Å². The number of carbonyl (C=O) groups is 1. The third-order valence-electron chi connectivity index (χ3n) is 4.02. The maximum absolute atomic E-state index is 10.9. The van der Waals surface area contributed by atoms with E-state index in [0.717, 1.165) is 0 Å². The number of anilines is 1. The number of aliphatic carboxylic acids is 1. The molecule has 1 heterocycles. The number of aromatic nitrogens is 1. The second-order valence-electron chi connectivity index (χ2n) is 6.19. The summed E-state index contributed by atoms with van der Waals surface area (Å²) < 4.78 is 5.97. The first-order valence-electron chi connectivity index (χ1n) is 9.04. The molecule has 3 rings (SSSR count). The molecule has 3 N–H and O–H groups in total. The van der Waals surface area contributed by atoms with Crippen molar-refractivity contribution in [3.05, 3.63) is 57.5 Å². The molecule has 2 aromatic carbocycles. The Balaban J connectivity index is 2.03. The highest BCUT2D eigenvalue weighted by Crippen LogP contribution is 2.45. The molecule has 0 amide bonds. The Kier molecular flexibility index (Phi) is 7.78. The third kappa shape index (κ3) is 5.68. The van der Waals surface area contributed by atoms with Crippen LogP contribution in [-0.2, 0) is 4.79 Å². The third-order valence-corrected chi connectivity index (χ3v) is 5.93. The molecule has 1 aromatic heterocycles. The van der Waals surface area contributed by atoms with E-state index in [0.29, 0.717) is 32.7 Å². The topological polar surface area (TPSA) is 91.7 Å². The Morgan fingerprint density at radius 1 is 1.16 bits per heavy atom. The summed E-state index contributed by atoms with van der Waals surface area (Å²) in [5.41, 5.74) is 1.21. The van der Waals surface area contributed by atoms with Gasteiger partial charge in [-0.25, -0.2) is 4.98 Å². The highest BCUT2D eigenvalue weighted by atomic mass is 35.5. The largest absolute Gasteiger partial charge is 0.507 e. The van der Waals surface area contributed by atoms with E-state index in [1.165, 1.54) is 17.8 Å². The Bertz CT molecular complexity index is 1130. The van der Waals surface area contributed by atoms with E-state index in [1.807, 2.05) is 6.92 Å². The van der Waals surface area contributed by atoms with Crippen LogP contribution in [0, 0.1) is 0 Å². The molecular weight excluding hydrogens is 483 g/mol. The SMILES string of the molecule is CCSc1nc(NCC(=O)O)c(Cl)c(Oc2ccc(O)c(-c3cccc(Cl)c3)c2)c1Cl. The number of halogens is 3. The van der Waals surface area contributed by atoms with Gasteiger partial charge in [0.15, 0.2) is 11.6 Å². The number of carboxylic acids is 1. The number of hydrogen-bond donors (Lipinski definition) is 3. The van der Waals surface area contributed by atoms with Gasteiger partial charge in [0.1, 0.15) is 33.1 Å². The van der Waals surface area contributed by atoms with Gasteiger partial charge in [-0.15, -0.1) is 11.8 Å². The number of rotatable bonds is 8. The fourth-order valence-electron chi connectivity index (χ4n) is 2.68. The Hall–Kier alpha value is -2.32. The van der Waals surface area contributed by atoms with Crippen LogP contribution < -0.4 is 10.1 Å². The molecule has 0 saturated heterocycles. The lowest BCUT2D eigenvalue weighted by Crippen LogP contribution is -2.14. The van der Waals surface area contributed by atoms with E-state index in [9.17, 15) is 9.90 Å². The Labute approximate surface area is 198 Å². The summed E-state index contributed by atoms with van der Waals surface area (Å²) in [6.45, 7) is 1.56. The minimum atomic E-state index is -1.07. The standard InChI is InChI=1S/C21H17Cl3N2O4S/c1-2-31-21-18(24)19(17(23)20(26-21)25-10-16(28)29)30-13-6-7-15(27)14(9-13)11-4-3-5-12(22)8-11/h3-9,27H,2,10H2,1H3,(H,25,26)(H,28,29). The monoisotopic (exact) mass is 498 g/mol. The summed E-state index contributed by atoms with van der Waals surface area (Å²) in [5, 5.41) is 23.2. The second-order valence-corrected chi connectivity index (χ2v) is 8.64. The summed E-state index contributed by atoms with van der Waals surface area (Å²) in [4.78, 5) is 15.3. The van der Waals surface area contributed by atoms with Crippen molar-refractivity contribution in [3.8, 4) is 28.4 Å². The smallest absolute Gasteiger partial charge is 0.322 e. The second kappa shape index (κ2) is 10.3. The van der Waals surface area contributed by atoms with Gasteiger partial charge in [0.05, 0.1) is 0 Å². The van der Waals surface area contributed by atoms with Crippen molar-refractivity contribution in [1.82, 2.24) is 4.98 Å². The molecule has 0 atom stereocenters. The van der Waals surface area contributed by atoms with Crippen LogP contribution in [0.25, 0.3) is 11.1 Å². The normalized spacial score (nSPS) is 10.7. The van der Waals surface area contributed by atoms with E-state index >= 15 is 0 Å². The minimum Gasteiger partial charge on any atom is -0.507 e. The molecule has 6 nitrogen and oxygen atoms in total. The zero-order valence-corrected chi connectivity index (χ0v) is 19.2. The fraction of sp³-hybridized carbons (Fsp3) is 0.143. The number of ether oxygens (including phenoxy) is 1. The number of carboxylic acid groups (broad SMARTS) is 1. The first-order valence-corrected chi connectivity index (χ1v) is 11.2. The molecule has 162 valence electrons. The maximum atomic E-state index is 10.9. The van der Waals surface area contributed by atoms with Crippen LogP contribution in [0.2, 0.25) is 15.1 Å². The van der Waals surface area contributed by atoms with Crippen LogP contribution in [0.15, 0.2) is 47.5 Å². The van der Waals surface area contributed by atoms with Gasteiger partial charge in [-0.2, -0.15) is 0 Å². The lowest BCUT2D eigenvalue weighted by molar-refractivity contribution is -0.134.